The van der Waals surface area contributed by atoms with Crippen LogP contribution in [0.3, 0.4) is 0 Å². The largest absolute Gasteiger partial charge is 0.355 e. The Bertz CT molecular complexity index is 572. The lowest BCUT2D eigenvalue weighted by molar-refractivity contribution is -0.128. The first-order valence-electron chi connectivity index (χ1n) is 9.23. The minimum atomic E-state index is -0.341. The number of amides is 2. The average Bonchev–Trinajstić information content (AvgIpc) is 2.58. The monoisotopic (exact) mass is 345 g/mol. The molecule has 2 rings (SSSR count). The van der Waals surface area contributed by atoms with Crippen LogP contribution in [0.5, 0.6) is 0 Å². The van der Waals surface area contributed by atoms with Gasteiger partial charge >= 0.3 is 0 Å². The van der Waals surface area contributed by atoms with E-state index in [1.165, 1.54) is 0 Å². The molecule has 1 aliphatic carbocycles. The van der Waals surface area contributed by atoms with Gasteiger partial charge < -0.3 is 10.6 Å². The highest BCUT2D eigenvalue weighted by atomic mass is 16.2. The van der Waals surface area contributed by atoms with Gasteiger partial charge in [-0.2, -0.15) is 0 Å². The predicted molar refractivity (Wildman–Crippen MR) is 98.7 cm³/mol. The summed E-state index contributed by atoms with van der Waals surface area (Å²) < 4.78 is 0. The number of aromatic nitrogens is 1. The van der Waals surface area contributed by atoms with Crippen molar-refractivity contribution < 1.29 is 9.59 Å². The normalized spacial score (nSPS) is 22.1. The van der Waals surface area contributed by atoms with E-state index in [0.29, 0.717) is 11.8 Å². The smallest absolute Gasteiger partial charge is 0.225 e. The first-order valence-corrected chi connectivity index (χ1v) is 9.23. The van der Waals surface area contributed by atoms with Gasteiger partial charge in [0.15, 0.2) is 0 Å². The van der Waals surface area contributed by atoms with E-state index in [4.69, 9.17) is 0 Å². The Morgan fingerprint density at radius 3 is 2.40 bits per heavy atom. The molecule has 138 valence electrons. The van der Waals surface area contributed by atoms with Gasteiger partial charge in [0, 0.05) is 25.1 Å². The molecule has 0 spiro atoms. The first kappa shape index (κ1) is 19.4. The van der Waals surface area contributed by atoms with Crippen molar-refractivity contribution in [2.45, 2.75) is 59.4 Å². The van der Waals surface area contributed by atoms with E-state index in [0.717, 1.165) is 37.9 Å². The van der Waals surface area contributed by atoms with E-state index < -0.39 is 0 Å². The maximum atomic E-state index is 12.0. The lowest BCUT2D eigenvalue weighted by Gasteiger charge is -2.34. The Labute approximate surface area is 151 Å². The van der Waals surface area contributed by atoms with E-state index in [2.05, 4.69) is 15.6 Å². The average molecular weight is 345 g/mol. The zero-order valence-corrected chi connectivity index (χ0v) is 15.8. The molecule has 5 heteroatoms. The SMILES string of the molecule is CC(=O)N[C@H](c1ccccn1)C1CCC(CNC(=O)C(C)(C)C)CC1. The van der Waals surface area contributed by atoms with Crippen molar-refractivity contribution >= 4 is 11.8 Å². The lowest BCUT2D eigenvalue weighted by atomic mass is 9.77. The summed E-state index contributed by atoms with van der Waals surface area (Å²) >= 11 is 0. The summed E-state index contributed by atoms with van der Waals surface area (Å²) in [7, 11) is 0. The van der Waals surface area contributed by atoms with Gasteiger partial charge in [-0.3, -0.25) is 14.6 Å². The number of pyridine rings is 1. The molecule has 1 saturated carbocycles. The first-order chi connectivity index (χ1) is 11.8. The summed E-state index contributed by atoms with van der Waals surface area (Å²) in [4.78, 5) is 28.1. The van der Waals surface area contributed by atoms with E-state index in [1.54, 1.807) is 13.1 Å². The molecular weight excluding hydrogens is 314 g/mol. The van der Waals surface area contributed by atoms with Crippen molar-refractivity contribution in [3.05, 3.63) is 30.1 Å². The van der Waals surface area contributed by atoms with Crippen molar-refractivity contribution in [3.8, 4) is 0 Å². The third-order valence-corrected chi connectivity index (χ3v) is 4.96. The molecule has 1 fully saturated rings. The molecule has 1 aromatic rings. The summed E-state index contributed by atoms with van der Waals surface area (Å²) in [5.74, 6) is 1.01. The van der Waals surface area contributed by atoms with Crippen LogP contribution in [0.15, 0.2) is 24.4 Å². The van der Waals surface area contributed by atoms with Crippen molar-refractivity contribution in [1.29, 1.82) is 0 Å². The maximum absolute atomic E-state index is 12.0. The fraction of sp³-hybridized carbons (Fsp3) is 0.650. The summed E-state index contributed by atoms with van der Waals surface area (Å²) in [5.41, 5.74) is 0.592. The highest BCUT2D eigenvalue weighted by molar-refractivity contribution is 5.81. The molecule has 0 saturated heterocycles. The van der Waals surface area contributed by atoms with Crippen LogP contribution in [0.4, 0.5) is 0 Å². The van der Waals surface area contributed by atoms with Crippen LogP contribution < -0.4 is 10.6 Å². The summed E-state index contributed by atoms with van der Waals surface area (Å²) in [5, 5.41) is 6.16. The highest BCUT2D eigenvalue weighted by Crippen LogP contribution is 2.36. The quantitative estimate of drug-likeness (QED) is 0.861. The molecule has 1 heterocycles. The van der Waals surface area contributed by atoms with Gasteiger partial charge in [0.1, 0.15) is 0 Å². The van der Waals surface area contributed by atoms with E-state index in [-0.39, 0.29) is 23.3 Å². The highest BCUT2D eigenvalue weighted by Gasteiger charge is 2.30. The summed E-state index contributed by atoms with van der Waals surface area (Å²) in [6, 6.07) is 5.81. The predicted octanol–water partition coefficient (Wildman–Crippen LogP) is 3.23. The Morgan fingerprint density at radius 1 is 1.20 bits per heavy atom. The van der Waals surface area contributed by atoms with Crippen LogP contribution in [0.1, 0.15) is 65.1 Å². The number of carbonyl (C=O) groups excluding carboxylic acids is 2. The second-order valence-electron chi connectivity index (χ2n) is 8.17. The number of nitrogens with one attached hydrogen (secondary N) is 2. The number of hydrogen-bond donors (Lipinski definition) is 2. The Morgan fingerprint density at radius 2 is 1.88 bits per heavy atom. The molecule has 2 N–H and O–H groups in total. The minimum Gasteiger partial charge on any atom is -0.355 e. The van der Waals surface area contributed by atoms with Crippen molar-refractivity contribution in [3.63, 3.8) is 0 Å². The number of carbonyl (C=O) groups is 2. The van der Waals surface area contributed by atoms with Crippen LogP contribution >= 0.6 is 0 Å². The van der Waals surface area contributed by atoms with Gasteiger partial charge in [-0.25, -0.2) is 0 Å². The second kappa shape index (κ2) is 8.45. The zero-order valence-electron chi connectivity index (χ0n) is 15.8. The fourth-order valence-corrected chi connectivity index (χ4v) is 3.44. The molecule has 0 aliphatic heterocycles. The van der Waals surface area contributed by atoms with E-state index >= 15 is 0 Å². The molecule has 2 amide bonds. The van der Waals surface area contributed by atoms with Gasteiger partial charge in [0.2, 0.25) is 11.8 Å². The maximum Gasteiger partial charge on any atom is 0.225 e. The Kier molecular flexibility index (Phi) is 6.57. The molecule has 0 aromatic carbocycles. The van der Waals surface area contributed by atoms with Crippen LogP contribution in [-0.2, 0) is 9.59 Å². The van der Waals surface area contributed by atoms with Gasteiger partial charge in [0.25, 0.3) is 0 Å². The Balaban J connectivity index is 1.90. The molecule has 1 aromatic heterocycles. The van der Waals surface area contributed by atoms with Gasteiger partial charge in [-0.1, -0.05) is 26.8 Å². The molecule has 1 atom stereocenters. The molecule has 0 bridgehead atoms. The fourth-order valence-electron chi connectivity index (χ4n) is 3.44. The minimum absolute atomic E-state index is 0.0183. The molecule has 5 nitrogen and oxygen atoms in total. The number of rotatable bonds is 5. The van der Waals surface area contributed by atoms with Crippen LogP contribution in [-0.4, -0.2) is 23.3 Å². The number of nitrogens with zero attached hydrogens (tertiary/aromatic N) is 1. The van der Waals surface area contributed by atoms with Crippen LogP contribution in [0.25, 0.3) is 0 Å². The van der Waals surface area contributed by atoms with Crippen molar-refractivity contribution in [2.75, 3.05) is 6.54 Å². The molecule has 1 aliphatic rings. The number of hydrogen-bond acceptors (Lipinski definition) is 3. The van der Waals surface area contributed by atoms with Crippen LogP contribution in [0.2, 0.25) is 0 Å². The molecule has 0 radical (unpaired) electrons. The zero-order chi connectivity index (χ0) is 18.4. The summed E-state index contributed by atoms with van der Waals surface area (Å²) in [6.45, 7) is 8.11. The van der Waals surface area contributed by atoms with Crippen molar-refractivity contribution in [1.82, 2.24) is 15.6 Å². The molecule has 25 heavy (non-hydrogen) atoms. The van der Waals surface area contributed by atoms with Gasteiger partial charge in [0.05, 0.1) is 11.7 Å². The van der Waals surface area contributed by atoms with Crippen molar-refractivity contribution in [2.24, 2.45) is 17.3 Å². The van der Waals surface area contributed by atoms with Crippen LogP contribution in [0, 0.1) is 17.3 Å². The van der Waals surface area contributed by atoms with E-state index in [1.807, 2.05) is 39.0 Å². The summed E-state index contributed by atoms with van der Waals surface area (Å²) in [6.07, 6.45) is 5.99. The lowest BCUT2D eigenvalue weighted by Crippen LogP contribution is -2.39. The third-order valence-electron chi connectivity index (χ3n) is 4.96. The molecule has 0 unspecified atom stereocenters. The standard InChI is InChI=1S/C20H31N3O2/c1-14(24)23-18(17-7-5-6-12-21-17)16-10-8-15(9-11-16)13-22-19(25)20(2,3)4/h5-7,12,15-16,18H,8-11,13H2,1-4H3,(H,22,25)(H,23,24)/t15?,16?,18-/m0/s1. The molecular formula is C20H31N3O2. The van der Waals surface area contributed by atoms with Gasteiger partial charge in [-0.15, -0.1) is 0 Å². The topological polar surface area (TPSA) is 71.1 Å². The van der Waals surface area contributed by atoms with Gasteiger partial charge in [-0.05, 0) is 49.7 Å². The third kappa shape index (κ3) is 5.83. The van der Waals surface area contributed by atoms with E-state index in [9.17, 15) is 9.59 Å². The second-order valence-corrected chi connectivity index (χ2v) is 8.17. The Hall–Kier alpha value is -1.91.